The van der Waals surface area contributed by atoms with Crippen molar-refractivity contribution in [2.45, 2.75) is 199 Å². The van der Waals surface area contributed by atoms with E-state index in [-0.39, 0.29) is 36.7 Å². The monoisotopic (exact) mass is 815 g/mol. The molecular weight excluding hydrogens is 727 g/mol. The van der Waals surface area contributed by atoms with Crippen molar-refractivity contribution in [1.82, 2.24) is 0 Å². The number of rotatable bonds is 41. The van der Waals surface area contributed by atoms with Gasteiger partial charge in [0.2, 0.25) is 0 Å². The van der Waals surface area contributed by atoms with Crippen LogP contribution in [0.15, 0.2) is 60.8 Å². The van der Waals surface area contributed by atoms with Crippen LogP contribution < -0.4 is 0 Å². The summed E-state index contributed by atoms with van der Waals surface area (Å²) in [6, 6.07) is -0.631. The van der Waals surface area contributed by atoms with E-state index in [0.717, 1.165) is 44.9 Å². The Balaban J connectivity index is 4.38. The van der Waals surface area contributed by atoms with Crippen LogP contribution in [0.3, 0.4) is 0 Å². The number of unbranched alkanes of at least 4 members (excludes halogenated alkanes) is 18. The van der Waals surface area contributed by atoms with Crippen molar-refractivity contribution in [3.63, 3.8) is 0 Å². The highest BCUT2D eigenvalue weighted by Gasteiger charge is 2.31. The van der Waals surface area contributed by atoms with Crippen molar-refractivity contribution >= 4 is 17.9 Å². The number of likely N-dealkylation sites (N-methyl/N-ethyl adjacent to an activating group) is 1. The maximum atomic E-state index is 12.7. The minimum atomic E-state index is -0.889. The number of aliphatic carboxylic acids is 1. The van der Waals surface area contributed by atoms with Crippen LogP contribution in [0.4, 0.5) is 0 Å². The molecule has 2 atom stereocenters. The first-order valence-electron chi connectivity index (χ1n) is 23.3. The predicted octanol–water partition coefficient (Wildman–Crippen LogP) is 13.0. The highest BCUT2D eigenvalue weighted by molar-refractivity contribution is 5.72. The molecule has 58 heavy (non-hydrogen) atoms. The molecule has 334 valence electrons. The van der Waals surface area contributed by atoms with Crippen LogP contribution in [0.5, 0.6) is 0 Å². The summed E-state index contributed by atoms with van der Waals surface area (Å²) in [5, 5.41) is 9.62. The highest BCUT2D eigenvalue weighted by Crippen LogP contribution is 2.15. The Kier molecular flexibility index (Phi) is 38.7. The summed E-state index contributed by atoms with van der Waals surface area (Å²) in [7, 11) is 5.50. The van der Waals surface area contributed by atoms with Gasteiger partial charge < -0.3 is 23.8 Å². The molecular formula is C50H88NO7+. The Bertz CT molecular complexity index is 1130. The number of carboxylic acid groups (broad SMARTS) is 1. The molecule has 0 aromatic carbocycles. The van der Waals surface area contributed by atoms with Gasteiger partial charge in [0, 0.05) is 12.8 Å². The number of ether oxygens (including phenoxy) is 3. The molecule has 8 heteroatoms. The van der Waals surface area contributed by atoms with E-state index in [2.05, 4.69) is 62.5 Å². The molecule has 0 aromatic heterocycles. The molecule has 0 aliphatic carbocycles. The lowest BCUT2D eigenvalue weighted by molar-refractivity contribution is -0.887. The van der Waals surface area contributed by atoms with Crippen molar-refractivity contribution in [3.8, 4) is 0 Å². The van der Waals surface area contributed by atoms with Crippen LogP contribution in [-0.4, -0.2) is 80.6 Å². The number of esters is 2. The third kappa shape index (κ3) is 38.5. The van der Waals surface area contributed by atoms with Crippen molar-refractivity contribution in [2.24, 2.45) is 0 Å². The van der Waals surface area contributed by atoms with Gasteiger partial charge in [0.05, 0.1) is 40.8 Å². The molecule has 0 amide bonds. The smallest absolute Gasteiger partial charge is 0.362 e. The zero-order valence-electron chi connectivity index (χ0n) is 38.0. The average molecular weight is 815 g/mol. The van der Waals surface area contributed by atoms with E-state index in [1.54, 1.807) is 6.08 Å². The molecule has 0 saturated heterocycles. The van der Waals surface area contributed by atoms with Crippen LogP contribution in [-0.2, 0) is 28.6 Å². The Hall–Kier alpha value is -2.97. The number of nitrogens with zero attached hydrogens (tertiary/aromatic N) is 1. The summed E-state index contributed by atoms with van der Waals surface area (Å²) in [5.41, 5.74) is 0. The van der Waals surface area contributed by atoms with E-state index in [0.29, 0.717) is 19.3 Å². The van der Waals surface area contributed by atoms with Crippen LogP contribution in [0.2, 0.25) is 0 Å². The molecule has 0 fully saturated rings. The Morgan fingerprint density at radius 2 is 0.948 bits per heavy atom. The second kappa shape index (κ2) is 40.8. The van der Waals surface area contributed by atoms with Gasteiger partial charge in [0.25, 0.3) is 0 Å². The summed E-state index contributed by atoms with van der Waals surface area (Å²) < 4.78 is 17.2. The van der Waals surface area contributed by atoms with Gasteiger partial charge in [-0.1, -0.05) is 190 Å². The van der Waals surface area contributed by atoms with E-state index >= 15 is 0 Å². The second-order valence-electron chi connectivity index (χ2n) is 16.7. The molecule has 0 heterocycles. The quantitative estimate of drug-likeness (QED) is 0.0284. The van der Waals surface area contributed by atoms with Gasteiger partial charge >= 0.3 is 17.9 Å². The minimum Gasteiger partial charge on any atom is -0.477 e. The molecule has 8 nitrogen and oxygen atoms in total. The zero-order valence-corrected chi connectivity index (χ0v) is 38.0. The number of hydrogen-bond acceptors (Lipinski definition) is 6. The summed E-state index contributed by atoms with van der Waals surface area (Å²) in [5.74, 6) is -1.62. The third-order valence-corrected chi connectivity index (χ3v) is 10.2. The first kappa shape index (κ1) is 55.0. The summed E-state index contributed by atoms with van der Waals surface area (Å²) in [4.78, 5) is 37.0. The molecule has 0 aromatic rings. The van der Waals surface area contributed by atoms with E-state index in [1.165, 1.54) is 103 Å². The fraction of sp³-hybridized carbons (Fsp3) is 0.740. The number of carbonyl (C=O) groups excluding carboxylic acids is 2. The molecule has 0 aliphatic rings. The van der Waals surface area contributed by atoms with E-state index in [9.17, 15) is 19.5 Å². The van der Waals surface area contributed by atoms with E-state index in [1.807, 2.05) is 27.2 Å². The maximum Gasteiger partial charge on any atom is 0.362 e. The Morgan fingerprint density at radius 3 is 1.36 bits per heavy atom. The fourth-order valence-corrected chi connectivity index (χ4v) is 6.64. The zero-order chi connectivity index (χ0) is 42.8. The second-order valence-corrected chi connectivity index (χ2v) is 16.7. The minimum absolute atomic E-state index is 0.0213. The van der Waals surface area contributed by atoms with Gasteiger partial charge in [-0.15, -0.1) is 0 Å². The average Bonchev–Trinajstić information content (AvgIpc) is 3.18. The molecule has 2 unspecified atom stereocenters. The molecule has 0 bridgehead atoms. The molecule has 0 rings (SSSR count). The number of hydrogen-bond donors (Lipinski definition) is 1. The Labute approximate surface area is 356 Å². The van der Waals surface area contributed by atoms with Gasteiger partial charge in [-0.25, -0.2) is 4.79 Å². The van der Waals surface area contributed by atoms with Gasteiger partial charge in [-0.3, -0.25) is 9.59 Å². The summed E-state index contributed by atoms with van der Waals surface area (Å²) in [6.07, 6.45) is 50.1. The number of carbonyl (C=O) groups is 3. The normalized spacial score (nSPS) is 13.5. The van der Waals surface area contributed by atoms with Crippen molar-refractivity contribution in [1.29, 1.82) is 0 Å². The number of allylic oxidation sites excluding steroid dienone is 9. The molecule has 0 spiro atoms. The summed E-state index contributed by atoms with van der Waals surface area (Å²) >= 11 is 0. The van der Waals surface area contributed by atoms with Gasteiger partial charge in [0.1, 0.15) is 6.61 Å². The van der Waals surface area contributed by atoms with Crippen molar-refractivity contribution in [3.05, 3.63) is 60.8 Å². The molecule has 0 aliphatic heterocycles. The SMILES string of the molecule is CC/C=C\C/C=C\C/C=C\C/C=C\C/C=C\CC(=O)OC(COCCC(C(=O)O)[N+](C)(C)C)COC(=O)CCCCCCCCCCCCCCCCCCCCC. The van der Waals surface area contributed by atoms with Crippen molar-refractivity contribution in [2.75, 3.05) is 41.0 Å². The lowest BCUT2D eigenvalue weighted by Gasteiger charge is -2.31. The topological polar surface area (TPSA) is 99.1 Å². The van der Waals surface area contributed by atoms with Gasteiger partial charge in [-0.2, -0.15) is 0 Å². The lowest BCUT2D eigenvalue weighted by atomic mass is 10.0. The van der Waals surface area contributed by atoms with Crippen LogP contribution in [0.25, 0.3) is 0 Å². The largest absolute Gasteiger partial charge is 0.477 e. The van der Waals surface area contributed by atoms with Crippen LogP contribution in [0.1, 0.15) is 187 Å². The van der Waals surface area contributed by atoms with Crippen LogP contribution >= 0.6 is 0 Å². The van der Waals surface area contributed by atoms with Gasteiger partial charge in [-0.05, 0) is 38.5 Å². The number of quaternary nitrogens is 1. The maximum absolute atomic E-state index is 12.7. The molecule has 1 N–H and O–H groups in total. The van der Waals surface area contributed by atoms with E-state index < -0.39 is 24.1 Å². The molecule has 0 saturated carbocycles. The standard InChI is InChI=1S/C50H87NO7/c1-6-8-10-12-14-16-18-20-22-23-24-25-27-28-30-32-34-36-38-40-48(52)57-45-46(44-56-43-42-47(50(54)55)51(3,4)5)58-49(53)41-39-37-35-33-31-29-26-21-19-17-15-13-11-9-7-2/h9,11,15,17,21,26,31,33,37,39,46-47H,6-8,10,12-14,16,18-20,22-25,27-30,32,34-36,38,40-45H2,1-5H3/p+1/b11-9-,17-15-,26-21-,33-31-,39-37-. The first-order chi connectivity index (χ1) is 28.1. The molecule has 0 radical (unpaired) electrons. The van der Waals surface area contributed by atoms with Gasteiger partial charge in [0.15, 0.2) is 12.1 Å². The number of carboxylic acids is 1. The van der Waals surface area contributed by atoms with E-state index in [4.69, 9.17) is 14.2 Å². The van der Waals surface area contributed by atoms with Crippen LogP contribution in [0, 0.1) is 0 Å². The Morgan fingerprint density at radius 1 is 0.534 bits per heavy atom. The predicted molar refractivity (Wildman–Crippen MR) is 243 cm³/mol. The first-order valence-corrected chi connectivity index (χ1v) is 23.3. The fourth-order valence-electron chi connectivity index (χ4n) is 6.64. The van der Waals surface area contributed by atoms with Crippen molar-refractivity contribution < 1.29 is 38.2 Å². The highest BCUT2D eigenvalue weighted by atomic mass is 16.6. The summed E-state index contributed by atoms with van der Waals surface area (Å²) in [6.45, 7) is 4.53. The third-order valence-electron chi connectivity index (χ3n) is 10.2. The lowest BCUT2D eigenvalue weighted by Crippen LogP contribution is -2.50.